The van der Waals surface area contributed by atoms with Crippen LogP contribution in [0.3, 0.4) is 0 Å². The van der Waals surface area contributed by atoms with Crippen LogP contribution in [0.25, 0.3) is 11.0 Å². The van der Waals surface area contributed by atoms with Crippen molar-refractivity contribution in [3.8, 4) is 0 Å². The largest absolute Gasteiger partial charge is 0.464 e. The van der Waals surface area contributed by atoms with Gasteiger partial charge in [0.2, 0.25) is 0 Å². The van der Waals surface area contributed by atoms with E-state index >= 15 is 0 Å². The summed E-state index contributed by atoms with van der Waals surface area (Å²) in [7, 11) is 0. The molecule has 0 radical (unpaired) electrons. The Labute approximate surface area is 99.5 Å². The lowest BCUT2D eigenvalue weighted by Gasteiger charge is -1.96. The molecule has 0 atom stereocenters. The fourth-order valence-electron chi connectivity index (χ4n) is 1.34. The Morgan fingerprint density at radius 1 is 0.938 bits per heavy atom. The lowest BCUT2D eigenvalue weighted by Crippen LogP contribution is -1.76. The average molecular weight is 220 g/mol. The van der Waals surface area contributed by atoms with Crippen LogP contribution in [-0.4, -0.2) is 0 Å². The van der Waals surface area contributed by atoms with Crippen molar-refractivity contribution in [2.75, 3.05) is 0 Å². The summed E-state index contributed by atoms with van der Waals surface area (Å²) in [5.74, 6) is 0. The van der Waals surface area contributed by atoms with Gasteiger partial charge in [-0.15, -0.1) is 0 Å². The second-order valence-corrected chi connectivity index (χ2v) is 3.57. The van der Waals surface area contributed by atoms with E-state index in [1.165, 1.54) is 22.9 Å². The highest BCUT2D eigenvalue weighted by atomic mass is 16.3. The highest BCUT2D eigenvalue weighted by molar-refractivity contribution is 5.83. The molecule has 1 nitrogen and oxygen atoms in total. The van der Waals surface area contributed by atoms with Gasteiger partial charge < -0.3 is 4.42 Å². The number of hydrogen-bond donors (Lipinski definition) is 0. The fourth-order valence-corrected chi connectivity index (χ4v) is 1.34. The zero-order valence-corrected chi connectivity index (χ0v) is 11.4. The molecule has 2 rings (SSSR count). The number of fused-ring (bicyclic) bond motifs is 1. The summed E-state index contributed by atoms with van der Waals surface area (Å²) in [6, 6.07) is 6.21. The van der Waals surface area contributed by atoms with Crippen molar-refractivity contribution in [3.05, 3.63) is 35.6 Å². The molecule has 2 aromatic rings. The van der Waals surface area contributed by atoms with Crippen molar-refractivity contribution in [3.63, 3.8) is 0 Å². The first-order valence-corrected chi connectivity index (χ1v) is 6.14. The van der Waals surface area contributed by atoms with Gasteiger partial charge in [-0.25, -0.2) is 0 Å². The van der Waals surface area contributed by atoms with Gasteiger partial charge in [0.1, 0.15) is 5.58 Å². The maximum atomic E-state index is 5.33. The molecule has 0 N–H and O–H groups in total. The normalized spacial score (nSPS) is 8.88. The molecule has 0 fully saturated rings. The van der Waals surface area contributed by atoms with Gasteiger partial charge in [0.25, 0.3) is 0 Å². The smallest absolute Gasteiger partial charge is 0.137 e. The highest BCUT2D eigenvalue weighted by Gasteiger charge is 2.01. The van der Waals surface area contributed by atoms with Crippen LogP contribution in [0, 0.1) is 13.8 Å². The van der Waals surface area contributed by atoms with Crippen LogP contribution in [0.15, 0.2) is 28.9 Å². The van der Waals surface area contributed by atoms with Crippen LogP contribution < -0.4 is 0 Å². The van der Waals surface area contributed by atoms with E-state index in [-0.39, 0.29) is 0 Å². The zero-order chi connectivity index (χ0) is 12.6. The minimum Gasteiger partial charge on any atom is -0.464 e. The number of rotatable bonds is 0. The average Bonchev–Trinajstić information content (AvgIpc) is 2.78. The van der Waals surface area contributed by atoms with E-state index in [2.05, 4.69) is 39.8 Å². The van der Waals surface area contributed by atoms with Crippen molar-refractivity contribution < 1.29 is 4.42 Å². The molecule has 0 spiro atoms. The first kappa shape index (κ1) is 14.8. The van der Waals surface area contributed by atoms with Crippen LogP contribution in [0.5, 0.6) is 0 Å². The topological polar surface area (TPSA) is 13.1 Å². The van der Waals surface area contributed by atoms with Gasteiger partial charge in [-0.3, -0.25) is 0 Å². The maximum absolute atomic E-state index is 5.33. The predicted molar refractivity (Wildman–Crippen MR) is 73.0 cm³/mol. The van der Waals surface area contributed by atoms with Crippen molar-refractivity contribution in [1.82, 2.24) is 0 Å². The molecule has 0 aliphatic rings. The zero-order valence-electron chi connectivity index (χ0n) is 11.4. The van der Waals surface area contributed by atoms with E-state index < -0.39 is 0 Å². The van der Waals surface area contributed by atoms with Crippen LogP contribution in [0.1, 0.15) is 45.2 Å². The number of furan rings is 1. The van der Waals surface area contributed by atoms with Crippen molar-refractivity contribution in [2.45, 2.75) is 48.0 Å². The van der Waals surface area contributed by atoms with Crippen molar-refractivity contribution in [1.29, 1.82) is 0 Å². The Morgan fingerprint density at radius 2 is 1.44 bits per heavy atom. The lowest BCUT2D eigenvalue weighted by molar-refractivity contribution is 0.613. The molecule has 1 heterocycles. The maximum Gasteiger partial charge on any atom is 0.137 e. The number of aryl methyl sites for hydroxylation is 2. The number of hydrogen-bond acceptors (Lipinski definition) is 1. The van der Waals surface area contributed by atoms with Crippen LogP contribution in [0.4, 0.5) is 0 Å². The standard InChI is InChI=1S/C10H10O.C3H8.C2H6/c1-7-3-4-8(2)10-9(7)5-6-11-10;1-3-2;1-2/h3-6H,1-2H3;3H2,1-2H3;1-2H3. The molecular weight excluding hydrogens is 196 g/mol. The summed E-state index contributed by atoms with van der Waals surface area (Å²) in [5, 5.41) is 1.23. The molecule has 0 saturated carbocycles. The van der Waals surface area contributed by atoms with E-state index in [0.29, 0.717) is 0 Å². The SMILES string of the molecule is CC.CCC.Cc1ccc(C)c2occc12. The summed E-state index contributed by atoms with van der Waals surface area (Å²) in [6.07, 6.45) is 2.99. The molecule has 90 valence electrons. The van der Waals surface area contributed by atoms with Crippen LogP contribution in [-0.2, 0) is 0 Å². The van der Waals surface area contributed by atoms with Gasteiger partial charge in [0.15, 0.2) is 0 Å². The Bertz CT molecular complexity index is 363. The molecule has 1 aromatic heterocycles. The molecule has 0 unspecified atom stereocenters. The third-order valence-electron chi connectivity index (χ3n) is 2.03. The second-order valence-electron chi connectivity index (χ2n) is 3.57. The van der Waals surface area contributed by atoms with E-state index in [1.807, 2.05) is 19.9 Å². The molecule has 0 aliphatic carbocycles. The first-order chi connectivity index (χ1) is 7.70. The van der Waals surface area contributed by atoms with Crippen LogP contribution >= 0.6 is 0 Å². The van der Waals surface area contributed by atoms with E-state index in [9.17, 15) is 0 Å². The van der Waals surface area contributed by atoms with Crippen LogP contribution in [0.2, 0.25) is 0 Å². The molecule has 1 aromatic carbocycles. The summed E-state index contributed by atoms with van der Waals surface area (Å²) in [5.41, 5.74) is 3.50. The van der Waals surface area contributed by atoms with E-state index in [4.69, 9.17) is 4.42 Å². The monoisotopic (exact) mass is 220 g/mol. The van der Waals surface area contributed by atoms with Gasteiger partial charge in [0.05, 0.1) is 6.26 Å². The molecule has 16 heavy (non-hydrogen) atoms. The van der Waals surface area contributed by atoms with Crippen molar-refractivity contribution in [2.24, 2.45) is 0 Å². The molecule has 0 bridgehead atoms. The molecule has 0 amide bonds. The van der Waals surface area contributed by atoms with E-state index in [0.717, 1.165) is 5.58 Å². The summed E-state index contributed by atoms with van der Waals surface area (Å²) in [4.78, 5) is 0. The van der Waals surface area contributed by atoms with Gasteiger partial charge in [-0.2, -0.15) is 0 Å². The summed E-state index contributed by atoms with van der Waals surface area (Å²) < 4.78 is 5.33. The minimum absolute atomic E-state index is 1.02. The highest BCUT2D eigenvalue weighted by Crippen LogP contribution is 2.22. The third-order valence-corrected chi connectivity index (χ3v) is 2.03. The van der Waals surface area contributed by atoms with Gasteiger partial charge >= 0.3 is 0 Å². The Kier molecular flexibility index (Phi) is 7.36. The summed E-state index contributed by atoms with van der Waals surface area (Å²) in [6.45, 7) is 12.4. The molecule has 0 aliphatic heterocycles. The fraction of sp³-hybridized carbons (Fsp3) is 0.467. The second kappa shape index (κ2) is 7.98. The minimum atomic E-state index is 1.02. The molecule has 0 saturated heterocycles. The third kappa shape index (κ3) is 3.73. The van der Waals surface area contributed by atoms with Gasteiger partial charge in [0, 0.05) is 5.39 Å². The first-order valence-electron chi connectivity index (χ1n) is 6.14. The Balaban J connectivity index is 0.000000394. The Morgan fingerprint density at radius 3 is 1.94 bits per heavy atom. The quantitative estimate of drug-likeness (QED) is 0.572. The van der Waals surface area contributed by atoms with E-state index in [1.54, 1.807) is 6.26 Å². The predicted octanol–water partition coefficient (Wildman–Crippen LogP) is 5.49. The molecular formula is C15H24O. The lowest BCUT2D eigenvalue weighted by atomic mass is 10.1. The Hall–Kier alpha value is -1.24. The van der Waals surface area contributed by atoms with Gasteiger partial charge in [-0.1, -0.05) is 46.2 Å². The summed E-state index contributed by atoms with van der Waals surface area (Å²) >= 11 is 0. The number of benzene rings is 1. The molecule has 1 heteroatoms. The van der Waals surface area contributed by atoms with Crippen molar-refractivity contribution >= 4 is 11.0 Å². The van der Waals surface area contributed by atoms with Gasteiger partial charge in [-0.05, 0) is 31.0 Å².